The van der Waals surface area contributed by atoms with Crippen LogP contribution in [0.25, 0.3) is 0 Å². The molecule has 22 heavy (non-hydrogen) atoms. The van der Waals surface area contributed by atoms with E-state index in [9.17, 15) is 4.79 Å². The van der Waals surface area contributed by atoms with Crippen molar-refractivity contribution in [3.05, 3.63) is 34.9 Å². The van der Waals surface area contributed by atoms with Crippen LogP contribution in [0.5, 0.6) is 0 Å². The van der Waals surface area contributed by atoms with Crippen LogP contribution in [0.15, 0.2) is 18.2 Å². The lowest BCUT2D eigenvalue weighted by molar-refractivity contribution is -0.128. The number of fused-ring (bicyclic) bond motifs is 2. The first-order valence-electron chi connectivity index (χ1n) is 8.29. The van der Waals surface area contributed by atoms with Crippen LogP contribution in [0.3, 0.4) is 0 Å². The molecule has 2 aliphatic heterocycles. The topological polar surface area (TPSA) is 32.3 Å². The number of amides is 1. The maximum atomic E-state index is 12.4. The first-order valence-corrected chi connectivity index (χ1v) is 9.44. The lowest BCUT2D eigenvalue weighted by Gasteiger charge is -2.24. The highest BCUT2D eigenvalue weighted by Gasteiger charge is 2.30. The highest BCUT2D eigenvalue weighted by atomic mass is 32.2. The van der Waals surface area contributed by atoms with Gasteiger partial charge in [-0.2, -0.15) is 0 Å². The van der Waals surface area contributed by atoms with Gasteiger partial charge in [-0.25, -0.2) is 0 Å². The summed E-state index contributed by atoms with van der Waals surface area (Å²) in [6.07, 6.45) is 3.63. The van der Waals surface area contributed by atoms with Gasteiger partial charge < -0.3 is 10.2 Å². The molecule has 2 saturated heterocycles. The Morgan fingerprint density at radius 1 is 1.18 bits per heavy atom. The van der Waals surface area contributed by atoms with Crippen LogP contribution in [0.1, 0.15) is 36.0 Å². The molecule has 1 aromatic carbocycles. The van der Waals surface area contributed by atoms with Crippen LogP contribution in [-0.4, -0.2) is 41.7 Å². The number of aryl methyl sites for hydroxylation is 2. The first kappa shape index (κ1) is 15.9. The summed E-state index contributed by atoms with van der Waals surface area (Å²) in [5, 5.41) is 3.63. The van der Waals surface area contributed by atoms with Crippen molar-refractivity contribution in [2.75, 3.05) is 18.8 Å². The number of rotatable bonds is 4. The second-order valence-electron chi connectivity index (χ2n) is 6.76. The quantitative estimate of drug-likeness (QED) is 0.926. The van der Waals surface area contributed by atoms with Gasteiger partial charge in [0.05, 0.1) is 5.75 Å². The highest BCUT2D eigenvalue weighted by molar-refractivity contribution is 7.99. The second-order valence-corrected chi connectivity index (χ2v) is 7.74. The number of nitrogens with one attached hydrogen (secondary N) is 1. The number of carbonyl (C=O) groups is 1. The van der Waals surface area contributed by atoms with Crippen LogP contribution in [0.2, 0.25) is 0 Å². The number of hydrogen-bond acceptors (Lipinski definition) is 3. The Morgan fingerprint density at radius 2 is 1.91 bits per heavy atom. The summed E-state index contributed by atoms with van der Waals surface area (Å²) in [4.78, 5) is 14.5. The zero-order valence-corrected chi connectivity index (χ0v) is 14.4. The Morgan fingerprint density at radius 3 is 2.68 bits per heavy atom. The van der Waals surface area contributed by atoms with E-state index in [-0.39, 0.29) is 0 Å². The number of carbonyl (C=O) groups excluding carboxylic acids is 1. The number of benzene rings is 1. The van der Waals surface area contributed by atoms with E-state index in [2.05, 4.69) is 42.3 Å². The Hall–Kier alpha value is -1.00. The molecule has 2 bridgehead atoms. The van der Waals surface area contributed by atoms with Crippen LogP contribution in [0, 0.1) is 13.8 Å². The predicted octanol–water partition coefficient (Wildman–Crippen LogP) is 2.89. The fourth-order valence-corrected chi connectivity index (χ4v) is 4.53. The smallest absolute Gasteiger partial charge is 0.232 e. The fourth-order valence-electron chi connectivity index (χ4n) is 3.67. The van der Waals surface area contributed by atoms with Crippen molar-refractivity contribution < 1.29 is 4.79 Å². The van der Waals surface area contributed by atoms with Gasteiger partial charge in [-0.05, 0) is 38.7 Å². The molecule has 2 aliphatic rings. The molecular formula is C18H26N2OS. The van der Waals surface area contributed by atoms with Crippen LogP contribution < -0.4 is 5.32 Å². The van der Waals surface area contributed by atoms with Gasteiger partial charge in [-0.3, -0.25) is 4.79 Å². The van der Waals surface area contributed by atoms with E-state index < -0.39 is 0 Å². The number of hydrogen-bond donors (Lipinski definition) is 1. The van der Waals surface area contributed by atoms with Crippen LogP contribution >= 0.6 is 11.8 Å². The minimum Gasteiger partial charge on any atom is -0.340 e. The van der Waals surface area contributed by atoms with Gasteiger partial charge in [0.1, 0.15) is 0 Å². The maximum Gasteiger partial charge on any atom is 0.232 e. The van der Waals surface area contributed by atoms with Gasteiger partial charge >= 0.3 is 0 Å². The van der Waals surface area contributed by atoms with Crippen molar-refractivity contribution in [2.45, 2.75) is 50.9 Å². The monoisotopic (exact) mass is 318 g/mol. The summed E-state index contributed by atoms with van der Waals surface area (Å²) in [5.41, 5.74) is 3.93. The largest absolute Gasteiger partial charge is 0.340 e. The molecule has 120 valence electrons. The van der Waals surface area contributed by atoms with E-state index in [4.69, 9.17) is 0 Å². The molecule has 0 aliphatic carbocycles. The minimum absolute atomic E-state index is 0.309. The summed E-state index contributed by atoms with van der Waals surface area (Å²) in [6, 6.07) is 7.81. The first-order chi connectivity index (χ1) is 10.6. The summed E-state index contributed by atoms with van der Waals surface area (Å²) in [7, 11) is 0. The van der Waals surface area contributed by atoms with E-state index in [1.807, 2.05) is 0 Å². The molecule has 4 heteroatoms. The Labute approximate surface area is 137 Å². The van der Waals surface area contributed by atoms with Gasteiger partial charge in [0.2, 0.25) is 5.91 Å². The molecule has 0 radical (unpaired) electrons. The number of nitrogens with zero attached hydrogens (tertiary/aromatic N) is 1. The van der Waals surface area contributed by atoms with E-state index in [0.717, 1.165) is 25.3 Å². The summed E-state index contributed by atoms with van der Waals surface area (Å²) >= 11 is 1.74. The Kier molecular flexibility index (Phi) is 5.09. The molecule has 2 heterocycles. The van der Waals surface area contributed by atoms with Crippen molar-refractivity contribution in [1.29, 1.82) is 0 Å². The van der Waals surface area contributed by atoms with E-state index in [1.165, 1.54) is 29.5 Å². The minimum atomic E-state index is 0.309. The summed E-state index contributed by atoms with van der Waals surface area (Å²) < 4.78 is 0. The fraction of sp³-hybridized carbons (Fsp3) is 0.611. The van der Waals surface area contributed by atoms with Gasteiger partial charge in [0, 0.05) is 30.9 Å². The van der Waals surface area contributed by atoms with Crippen molar-refractivity contribution >= 4 is 17.7 Å². The predicted molar refractivity (Wildman–Crippen MR) is 93.2 cm³/mol. The molecule has 1 amide bonds. The molecule has 0 aromatic heterocycles. The third-order valence-electron chi connectivity index (χ3n) is 4.65. The van der Waals surface area contributed by atoms with Gasteiger partial charge in [0.15, 0.2) is 0 Å². The molecule has 2 fully saturated rings. The van der Waals surface area contributed by atoms with E-state index in [0.29, 0.717) is 23.7 Å². The van der Waals surface area contributed by atoms with E-state index in [1.54, 1.807) is 11.8 Å². The van der Waals surface area contributed by atoms with Gasteiger partial charge in [-0.1, -0.05) is 29.3 Å². The molecule has 2 atom stereocenters. The molecular weight excluding hydrogens is 292 g/mol. The molecule has 0 saturated carbocycles. The SMILES string of the molecule is Cc1cc(C)cc(CSCC(=O)N2CC[C@H]3CC[C@@H](C2)N3)c1. The molecule has 0 spiro atoms. The van der Waals surface area contributed by atoms with Crippen molar-refractivity contribution in [3.8, 4) is 0 Å². The summed E-state index contributed by atoms with van der Waals surface area (Å²) in [5.74, 6) is 1.83. The summed E-state index contributed by atoms with van der Waals surface area (Å²) in [6.45, 7) is 6.09. The van der Waals surface area contributed by atoms with Crippen LogP contribution in [-0.2, 0) is 10.5 Å². The highest BCUT2D eigenvalue weighted by Crippen LogP contribution is 2.22. The number of likely N-dealkylation sites (tertiary alicyclic amines) is 1. The molecule has 1 aromatic rings. The number of thioether (sulfide) groups is 1. The normalized spacial score (nSPS) is 24.4. The van der Waals surface area contributed by atoms with E-state index >= 15 is 0 Å². The molecule has 3 nitrogen and oxygen atoms in total. The standard InChI is InChI=1S/C18H26N2OS/c1-13-7-14(2)9-15(8-13)11-22-12-18(21)20-6-5-16-3-4-17(10-20)19-16/h7-9,16-17,19H,3-6,10-12H2,1-2H3/t16-,17+/m1/s1. The zero-order chi connectivity index (χ0) is 15.5. The van der Waals surface area contributed by atoms with Crippen molar-refractivity contribution in [3.63, 3.8) is 0 Å². The lowest BCUT2D eigenvalue weighted by Crippen LogP contribution is -2.39. The molecule has 1 N–H and O–H groups in total. The van der Waals surface area contributed by atoms with Crippen molar-refractivity contribution in [1.82, 2.24) is 10.2 Å². The third-order valence-corrected chi connectivity index (χ3v) is 5.64. The van der Waals surface area contributed by atoms with Gasteiger partial charge in [-0.15, -0.1) is 11.8 Å². The molecule has 0 unspecified atom stereocenters. The average molecular weight is 318 g/mol. The van der Waals surface area contributed by atoms with Crippen molar-refractivity contribution in [2.24, 2.45) is 0 Å². The zero-order valence-electron chi connectivity index (χ0n) is 13.6. The molecule has 3 rings (SSSR count). The van der Waals surface area contributed by atoms with Gasteiger partial charge in [0.25, 0.3) is 0 Å². The third kappa shape index (κ3) is 4.05. The van der Waals surface area contributed by atoms with Crippen LogP contribution in [0.4, 0.5) is 0 Å². The second kappa shape index (κ2) is 7.05. The Bertz CT molecular complexity index is 526. The maximum absolute atomic E-state index is 12.4. The lowest BCUT2D eigenvalue weighted by atomic mass is 10.1. The Balaban J connectivity index is 1.47. The average Bonchev–Trinajstić information content (AvgIpc) is 2.77.